The van der Waals surface area contributed by atoms with Crippen LogP contribution in [-0.4, -0.2) is 43.8 Å². The number of methoxy groups -OCH3 is 1. The Labute approximate surface area is 242 Å². The summed E-state index contributed by atoms with van der Waals surface area (Å²) in [6.07, 6.45) is 4.70. The Balaban J connectivity index is 1.63. The first-order valence-electron chi connectivity index (χ1n) is 13.3. The second kappa shape index (κ2) is 10.8. The Morgan fingerprint density at radius 2 is 1.76 bits per heavy atom. The molecule has 41 heavy (non-hydrogen) atoms. The number of nitrogens with one attached hydrogen (secondary N) is 2. The molecule has 1 atom stereocenters. The molecular formula is C29H39N7O4S. The first-order valence-corrected chi connectivity index (χ1v) is 15.2. The van der Waals surface area contributed by atoms with Crippen molar-refractivity contribution in [1.82, 2.24) is 9.55 Å². The Hall–Kier alpha value is -3.93. The second-order valence-electron chi connectivity index (χ2n) is 12.3. The summed E-state index contributed by atoms with van der Waals surface area (Å²) in [5.74, 6) is -0.157. The average molecular weight is 582 g/mol. The number of hydrogen-bond donors (Lipinski definition) is 2. The van der Waals surface area contributed by atoms with E-state index in [9.17, 15) is 13.2 Å². The van der Waals surface area contributed by atoms with Gasteiger partial charge in [-0.25, -0.2) is 18.4 Å². The van der Waals surface area contributed by atoms with Crippen molar-refractivity contribution in [1.29, 1.82) is 0 Å². The minimum atomic E-state index is -3.59. The molecule has 0 saturated heterocycles. The first-order chi connectivity index (χ1) is 19.0. The van der Waals surface area contributed by atoms with Gasteiger partial charge in [0.1, 0.15) is 6.04 Å². The van der Waals surface area contributed by atoms with Gasteiger partial charge in [-0.2, -0.15) is 5.11 Å². The Morgan fingerprint density at radius 3 is 2.37 bits per heavy atom. The van der Waals surface area contributed by atoms with E-state index in [1.807, 2.05) is 46.3 Å². The molecule has 1 aromatic heterocycles. The fourth-order valence-electron chi connectivity index (χ4n) is 4.65. The van der Waals surface area contributed by atoms with Gasteiger partial charge in [-0.1, -0.05) is 32.1 Å². The Morgan fingerprint density at radius 1 is 1.07 bits per heavy atom. The lowest BCUT2D eigenvalue weighted by atomic mass is 9.86. The average Bonchev–Trinajstić information content (AvgIpc) is 3.52. The van der Waals surface area contributed by atoms with E-state index in [0.717, 1.165) is 28.8 Å². The fourth-order valence-corrected chi connectivity index (χ4v) is 5.20. The van der Waals surface area contributed by atoms with Gasteiger partial charge in [-0.15, -0.1) is 0 Å². The Kier molecular flexibility index (Phi) is 7.92. The summed E-state index contributed by atoms with van der Waals surface area (Å²) in [6.45, 7) is 14.8. The van der Waals surface area contributed by atoms with Crippen molar-refractivity contribution in [2.24, 2.45) is 10.3 Å². The van der Waals surface area contributed by atoms with Crippen LogP contribution >= 0.6 is 0 Å². The number of aromatic nitrogens is 2. The third-order valence-corrected chi connectivity index (χ3v) is 7.42. The number of carbonyl (C=O) groups excluding carboxylic acids is 1. The van der Waals surface area contributed by atoms with E-state index in [1.165, 1.54) is 7.11 Å². The highest BCUT2D eigenvalue weighted by atomic mass is 32.2. The zero-order valence-electron chi connectivity index (χ0n) is 25.1. The minimum Gasteiger partial charge on any atom is -0.492 e. The van der Waals surface area contributed by atoms with Crippen molar-refractivity contribution in [2.45, 2.75) is 65.5 Å². The smallest absolute Gasteiger partial charge is 0.255 e. The lowest BCUT2D eigenvalue weighted by Crippen LogP contribution is -2.26. The van der Waals surface area contributed by atoms with Crippen LogP contribution in [0.3, 0.4) is 0 Å². The number of amides is 1. The SMILES string of the molecule is COc1c(NC(=O)c2ccc(C)c(N3CC(c4cncn4C(C)(C)C)N=N3)c2)cc(C(C)(C)C)cc1NS(C)(=O)=O. The predicted octanol–water partition coefficient (Wildman–Crippen LogP) is 5.80. The van der Waals surface area contributed by atoms with Crippen LogP contribution in [0.4, 0.5) is 17.1 Å². The molecule has 11 nitrogen and oxygen atoms in total. The minimum absolute atomic E-state index is 0.148. The van der Waals surface area contributed by atoms with E-state index in [1.54, 1.807) is 29.3 Å². The second-order valence-corrected chi connectivity index (χ2v) is 14.1. The molecule has 2 heterocycles. The molecule has 0 saturated carbocycles. The van der Waals surface area contributed by atoms with E-state index >= 15 is 0 Å². The number of hydrogen-bond acceptors (Lipinski definition) is 8. The van der Waals surface area contributed by atoms with Gasteiger partial charge in [0.05, 0.1) is 55.2 Å². The van der Waals surface area contributed by atoms with E-state index in [4.69, 9.17) is 4.74 Å². The number of ether oxygens (including phenoxy) is 1. The van der Waals surface area contributed by atoms with Crippen LogP contribution in [0.1, 0.15) is 74.8 Å². The zero-order chi connectivity index (χ0) is 30.3. The van der Waals surface area contributed by atoms with Gasteiger partial charge in [0.15, 0.2) is 5.75 Å². The summed E-state index contributed by atoms with van der Waals surface area (Å²) >= 11 is 0. The standard InChI is InChI=1S/C29H39N7O4S/c1-18-10-11-19(12-24(18)36-16-23(32-34-36)25-15-30-17-35(25)29(5,6)7)27(37)31-21-13-20(28(2,3)4)14-22(26(21)40-8)33-41(9,38)39/h10-15,17,23,33H,16H2,1-9H3,(H,31,37). The summed E-state index contributed by atoms with van der Waals surface area (Å²) < 4.78 is 34.3. The van der Waals surface area contributed by atoms with Gasteiger partial charge in [0.2, 0.25) is 10.0 Å². The van der Waals surface area contributed by atoms with Crippen molar-refractivity contribution in [3.8, 4) is 5.75 Å². The molecule has 3 aromatic rings. The third kappa shape index (κ3) is 6.70. The van der Waals surface area contributed by atoms with Gasteiger partial charge in [-0.05, 0) is 68.5 Å². The number of rotatable bonds is 7. The molecule has 220 valence electrons. The summed E-state index contributed by atoms with van der Waals surface area (Å²) in [7, 11) is -2.16. The number of aryl methyl sites for hydroxylation is 1. The van der Waals surface area contributed by atoms with Crippen LogP contribution in [0.25, 0.3) is 0 Å². The third-order valence-electron chi connectivity index (χ3n) is 6.83. The van der Waals surface area contributed by atoms with Crippen molar-refractivity contribution in [2.75, 3.05) is 35.0 Å². The topological polar surface area (TPSA) is 130 Å². The van der Waals surface area contributed by atoms with Crippen LogP contribution < -0.4 is 19.8 Å². The highest BCUT2D eigenvalue weighted by Crippen LogP contribution is 2.40. The van der Waals surface area contributed by atoms with E-state index in [0.29, 0.717) is 17.8 Å². The van der Waals surface area contributed by atoms with E-state index in [-0.39, 0.29) is 34.3 Å². The molecule has 12 heteroatoms. The molecule has 4 rings (SSSR count). The van der Waals surface area contributed by atoms with Crippen LogP contribution in [-0.2, 0) is 21.0 Å². The molecule has 2 aromatic carbocycles. The van der Waals surface area contributed by atoms with Crippen molar-refractivity contribution < 1.29 is 17.9 Å². The lowest BCUT2D eigenvalue weighted by Gasteiger charge is -2.25. The summed E-state index contributed by atoms with van der Waals surface area (Å²) in [4.78, 5) is 17.9. The number of imidazole rings is 1. The molecule has 0 bridgehead atoms. The molecule has 0 spiro atoms. The molecule has 1 amide bonds. The first kappa shape index (κ1) is 30.0. The van der Waals surface area contributed by atoms with Crippen LogP contribution in [0, 0.1) is 6.92 Å². The number of nitrogens with zero attached hydrogens (tertiary/aromatic N) is 5. The molecule has 0 radical (unpaired) electrons. The highest BCUT2D eigenvalue weighted by molar-refractivity contribution is 7.92. The van der Waals surface area contributed by atoms with Gasteiger partial charge in [-0.3, -0.25) is 9.52 Å². The van der Waals surface area contributed by atoms with Gasteiger partial charge in [0, 0.05) is 11.1 Å². The largest absolute Gasteiger partial charge is 0.492 e. The lowest BCUT2D eigenvalue weighted by molar-refractivity contribution is 0.102. The van der Waals surface area contributed by atoms with Crippen molar-refractivity contribution in [3.63, 3.8) is 0 Å². The molecule has 1 unspecified atom stereocenters. The monoisotopic (exact) mass is 581 g/mol. The highest BCUT2D eigenvalue weighted by Gasteiger charge is 2.29. The van der Waals surface area contributed by atoms with Crippen molar-refractivity contribution >= 4 is 33.0 Å². The molecule has 0 fully saturated rings. The maximum absolute atomic E-state index is 13.5. The molecule has 2 N–H and O–H groups in total. The van der Waals surface area contributed by atoms with E-state index < -0.39 is 10.0 Å². The maximum Gasteiger partial charge on any atom is 0.255 e. The van der Waals surface area contributed by atoms with Gasteiger partial charge < -0.3 is 14.6 Å². The van der Waals surface area contributed by atoms with E-state index in [2.05, 4.69) is 50.7 Å². The molecular weight excluding hydrogens is 542 g/mol. The Bertz CT molecular complexity index is 1600. The molecule has 0 aliphatic carbocycles. The van der Waals surface area contributed by atoms with Gasteiger partial charge in [0.25, 0.3) is 5.91 Å². The zero-order valence-corrected chi connectivity index (χ0v) is 25.9. The van der Waals surface area contributed by atoms with Crippen molar-refractivity contribution in [3.05, 3.63) is 65.2 Å². The number of sulfonamides is 1. The molecule has 1 aliphatic heterocycles. The fraction of sp³-hybridized carbons (Fsp3) is 0.448. The normalized spacial score (nSPS) is 15.7. The number of carbonyl (C=O) groups is 1. The number of anilines is 3. The summed E-state index contributed by atoms with van der Waals surface area (Å²) in [5.41, 5.74) is 4.04. The van der Waals surface area contributed by atoms with Crippen LogP contribution in [0.15, 0.2) is 53.2 Å². The molecule has 1 aliphatic rings. The maximum atomic E-state index is 13.5. The number of benzene rings is 2. The van der Waals surface area contributed by atoms with Gasteiger partial charge >= 0.3 is 0 Å². The van der Waals surface area contributed by atoms with Crippen LogP contribution in [0.5, 0.6) is 5.75 Å². The summed E-state index contributed by atoms with van der Waals surface area (Å²) in [6, 6.07) is 8.72. The summed E-state index contributed by atoms with van der Waals surface area (Å²) in [5, 5.41) is 13.7. The van der Waals surface area contributed by atoms with Crippen LogP contribution in [0.2, 0.25) is 0 Å². The quantitative estimate of drug-likeness (QED) is 0.362. The predicted molar refractivity (Wildman–Crippen MR) is 161 cm³/mol.